The zero-order chi connectivity index (χ0) is 14.7. The highest BCUT2D eigenvalue weighted by atomic mass is 79.9. The molecule has 1 saturated carbocycles. The first kappa shape index (κ1) is 18.0. The van der Waals surface area contributed by atoms with Crippen molar-refractivity contribution in [1.82, 2.24) is 5.32 Å². The molecule has 0 unspecified atom stereocenters. The molecule has 1 aliphatic rings. The summed E-state index contributed by atoms with van der Waals surface area (Å²) in [5.41, 5.74) is 0.0520. The second-order valence-corrected chi connectivity index (χ2v) is 6.95. The minimum Gasteiger partial charge on any atom is -0.350 e. The largest absolute Gasteiger partial charge is 0.350 e. The topological polar surface area (TPSA) is 29.1 Å². The third-order valence-electron chi connectivity index (χ3n) is 4.48. The number of rotatable bonds is 10. The minimum atomic E-state index is 0.0520. The Morgan fingerprint density at radius 2 is 1.60 bits per heavy atom. The molecule has 1 fully saturated rings. The Kier molecular flexibility index (Phi) is 9.58. The van der Waals surface area contributed by atoms with Crippen LogP contribution in [0.4, 0.5) is 0 Å². The van der Waals surface area contributed by atoms with Crippen LogP contribution in [0.2, 0.25) is 0 Å². The average molecular weight is 346 g/mol. The first-order chi connectivity index (χ1) is 9.72. The smallest absolute Gasteiger partial charge is 0.220 e. The summed E-state index contributed by atoms with van der Waals surface area (Å²) in [6.45, 7) is 2.25. The maximum atomic E-state index is 12.1. The number of hydrogen-bond acceptors (Lipinski definition) is 1. The zero-order valence-electron chi connectivity index (χ0n) is 13.2. The number of amides is 1. The monoisotopic (exact) mass is 345 g/mol. The van der Waals surface area contributed by atoms with Crippen molar-refractivity contribution in [2.75, 3.05) is 5.33 Å². The zero-order valence-corrected chi connectivity index (χ0v) is 14.8. The Morgan fingerprint density at radius 3 is 2.20 bits per heavy atom. The summed E-state index contributed by atoms with van der Waals surface area (Å²) in [7, 11) is 0. The van der Waals surface area contributed by atoms with Crippen LogP contribution in [0.5, 0.6) is 0 Å². The minimum absolute atomic E-state index is 0.0520. The van der Waals surface area contributed by atoms with Gasteiger partial charge >= 0.3 is 0 Å². The summed E-state index contributed by atoms with van der Waals surface area (Å²) in [6, 6.07) is 0. The first-order valence-corrected chi connectivity index (χ1v) is 9.71. The van der Waals surface area contributed by atoms with E-state index in [-0.39, 0.29) is 11.4 Å². The van der Waals surface area contributed by atoms with E-state index < -0.39 is 0 Å². The van der Waals surface area contributed by atoms with E-state index in [0.717, 1.165) is 24.6 Å². The van der Waals surface area contributed by atoms with E-state index in [1.54, 1.807) is 0 Å². The van der Waals surface area contributed by atoms with Crippen molar-refractivity contribution in [3.8, 4) is 0 Å². The average Bonchev–Trinajstić information content (AvgIpc) is 2.47. The fraction of sp³-hybridized carbons (Fsp3) is 0.941. The van der Waals surface area contributed by atoms with E-state index in [9.17, 15) is 4.79 Å². The summed E-state index contributed by atoms with van der Waals surface area (Å²) in [6.07, 6.45) is 15.7. The number of halogens is 1. The van der Waals surface area contributed by atoms with Crippen molar-refractivity contribution in [2.24, 2.45) is 0 Å². The van der Waals surface area contributed by atoms with E-state index >= 15 is 0 Å². The summed E-state index contributed by atoms with van der Waals surface area (Å²) in [5, 5.41) is 4.21. The van der Waals surface area contributed by atoms with Gasteiger partial charge in [0.15, 0.2) is 0 Å². The molecule has 0 heterocycles. The number of carbonyl (C=O) groups is 1. The van der Waals surface area contributed by atoms with E-state index in [0.29, 0.717) is 6.42 Å². The summed E-state index contributed by atoms with van der Waals surface area (Å²) in [5.74, 6) is 0.264. The molecule has 0 aromatic carbocycles. The van der Waals surface area contributed by atoms with E-state index in [1.807, 2.05) is 0 Å². The van der Waals surface area contributed by atoms with Gasteiger partial charge in [0.2, 0.25) is 5.91 Å². The van der Waals surface area contributed by atoms with Gasteiger partial charge in [-0.1, -0.05) is 80.6 Å². The summed E-state index contributed by atoms with van der Waals surface area (Å²) >= 11 is 3.60. The molecule has 2 nitrogen and oxygen atoms in total. The summed E-state index contributed by atoms with van der Waals surface area (Å²) in [4.78, 5) is 12.1. The van der Waals surface area contributed by atoms with Crippen molar-refractivity contribution in [1.29, 1.82) is 0 Å². The number of hydrogen-bond donors (Lipinski definition) is 1. The normalized spacial score (nSPS) is 17.9. The van der Waals surface area contributed by atoms with E-state index in [4.69, 9.17) is 0 Å². The lowest BCUT2D eigenvalue weighted by Gasteiger charge is -2.36. The lowest BCUT2D eigenvalue weighted by Crippen LogP contribution is -2.51. The van der Waals surface area contributed by atoms with Crippen LogP contribution >= 0.6 is 15.9 Å². The lowest BCUT2D eigenvalue weighted by molar-refractivity contribution is -0.123. The third-order valence-corrected chi connectivity index (χ3v) is 5.55. The summed E-state index contributed by atoms with van der Waals surface area (Å²) < 4.78 is 0. The molecule has 1 aliphatic carbocycles. The van der Waals surface area contributed by atoms with Gasteiger partial charge in [-0.15, -0.1) is 0 Å². The highest BCUT2D eigenvalue weighted by Crippen LogP contribution is 2.29. The molecule has 1 N–H and O–H groups in total. The molecule has 118 valence electrons. The molecule has 3 heteroatoms. The molecule has 0 aliphatic heterocycles. The van der Waals surface area contributed by atoms with Crippen LogP contribution in [0.15, 0.2) is 0 Å². The maximum absolute atomic E-state index is 12.1. The fourth-order valence-electron chi connectivity index (χ4n) is 3.12. The van der Waals surface area contributed by atoms with Crippen LogP contribution in [-0.4, -0.2) is 16.8 Å². The number of nitrogens with one attached hydrogen (secondary N) is 1. The SMILES string of the molecule is CCCCCCCCCC(=O)NC1(CBr)CCCCC1. The quantitative estimate of drug-likeness (QED) is 0.420. The molecular weight excluding hydrogens is 314 g/mol. The second-order valence-electron chi connectivity index (χ2n) is 6.39. The highest BCUT2D eigenvalue weighted by Gasteiger charge is 2.31. The number of carbonyl (C=O) groups excluding carboxylic acids is 1. The van der Waals surface area contributed by atoms with Crippen molar-refractivity contribution in [2.45, 2.75) is 95.9 Å². The van der Waals surface area contributed by atoms with Crippen LogP contribution in [0.1, 0.15) is 90.4 Å². The molecule has 20 heavy (non-hydrogen) atoms. The molecule has 1 rings (SSSR count). The highest BCUT2D eigenvalue weighted by molar-refractivity contribution is 9.09. The molecule has 0 bridgehead atoms. The van der Waals surface area contributed by atoms with Crippen LogP contribution in [0.25, 0.3) is 0 Å². The molecule has 0 atom stereocenters. The molecule has 0 spiro atoms. The molecule has 0 aromatic rings. The van der Waals surface area contributed by atoms with Crippen LogP contribution < -0.4 is 5.32 Å². The maximum Gasteiger partial charge on any atom is 0.220 e. The Morgan fingerprint density at radius 1 is 1.00 bits per heavy atom. The predicted molar refractivity (Wildman–Crippen MR) is 90.4 cm³/mol. The Bertz CT molecular complexity index is 262. The van der Waals surface area contributed by atoms with Gasteiger partial charge in [-0.2, -0.15) is 0 Å². The van der Waals surface area contributed by atoms with E-state index in [1.165, 1.54) is 57.8 Å². The van der Waals surface area contributed by atoms with Crippen molar-refractivity contribution < 1.29 is 4.79 Å². The van der Waals surface area contributed by atoms with Crippen LogP contribution in [0, 0.1) is 0 Å². The van der Waals surface area contributed by atoms with Gasteiger partial charge in [0.05, 0.1) is 0 Å². The number of unbranched alkanes of at least 4 members (excludes halogenated alkanes) is 6. The van der Waals surface area contributed by atoms with Crippen molar-refractivity contribution in [3.05, 3.63) is 0 Å². The van der Waals surface area contributed by atoms with Crippen molar-refractivity contribution in [3.63, 3.8) is 0 Å². The Labute approximate surface area is 133 Å². The Hall–Kier alpha value is -0.0500. The molecule has 0 saturated heterocycles. The van der Waals surface area contributed by atoms with Gasteiger partial charge in [0.25, 0.3) is 0 Å². The number of alkyl halides is 1. The van der Waals surface area contributed by atoms with Gasteiger partial charge in [-0.05, 0) is 19.3 Å². The van der Waals surface area contributed by atoms with Crippen molar-refractivity contribution >= 4 is 21.8 Å². The van der Waals surface area contributed by atoms with Crippen LogP contribution in [-0.2, 0) is 4.79 Å². The third kappa shape index (κ3) is 7.10. The van der Waals surface area contributed by atoms with Gasteiger partial charge in [-0.3, -0.25) is 4.79 Å². The van der Waals surface area contributed by atoms with Crippen LogP contribution in [0.3, 0.4) is 0 Å². The molecular formula is C17H32BrNO. The standard InChI is InChI=1S/C17H32BrNO/c1-2-3-4-5-6-7-9-12-16(20)19-17(15-18)13-10-8-11-14-17/h2-15H2,1H3,(H,19,20). The second kappa shape index (κ2) is 10.6. The molecule has 1 amide bonds. The Balaban J connectivity index is 2.10. The van der Waals surface area contributed by atoms with E-state index in [2.05, 4.69) is 28.2 Å². The van der Waals surface area contributed by atoms with Gasteiger partial charge in [0.1, 0.15) is 0 Å². The lowest BCUT2D eigenvalue weighted by atomic mass is 9.83. The predicted octanol–water partition coefficient (Wildman–Crippen LogP) is 5.34. The molecule has 0 radical (unpaired) electrons. The first-order valence-electron chi connectivity index (χ1n) is 8.59. The fourth-order valence-corrected chi connectivity index (χ4v) is 3.82. The van der Waals surface area contributed by atoms with Gasteiger partial charge < -0.3 is 5.32 Å². The van der Waals surface area contributed by atoms with Gasteiger partial charge in [-0.25, -0.2) is 0 Å². The molecule has 0 aromatic heterocycles. The van der Waals surface area contributed by atoms with Gasteiger partial charge in [0, 0.05) is 17.3 Å².